The van der Waals surface area contributed by atoms with E-state index in [4.69, 9.17) is 9.84 Å². The van der Waals surface area contributed by atoms with E-state index >= 15 is 0 Å². The molecular formula is C26H28N4O3. The lowest BCUT2D eigenvalue weighted by Crippen LogP contribution is -2.25. The van der Waals surface area contributed by atoms with E-state index in [9.17, 15) is 4.79 Å². The Morgan fingerprint density at radius 3 is 2.70 bits per heavy atom. The van der Waals surface area contributed by atoms with Crippen molar-refractivity contribution in [1.29, 1.82) is 0 Å². The van der Waals surface area contributed by atoms with Crippen LogP contribution in [0.25, 0.3) is 22.3 Å². The van der Waals surface area contributed by atoms with Crippen molar-refractivity contribution in [1.82, 2.24) is 15.0 Å². The normalized spacial score (nSPS) is 19.1. The number of fused-ring (bicyclic) bond motifs is 1. The second-order valence-corrected chi connectivity index (χ2v) is 8.30. The van der Waals surface area contributed by atoms with Crippen molar-refractivity contribution >= 4 is 34.5 Å². The molecule has 0 atom stereocenters. The van der Waals surface area contributed by atoms with Crippen LogP contribution in [0.4, 0.5) is 0 Å². The van der Waals surface area contributed by atoms with Gasteiger partial charge in [0.05, 0.1) is 11.0 Å². The summed E-state index contributed by atoms with van der Waals surface area (Å²) in [6, 6.07) is 11.6. The third-order valence-corrected chi connectivity index (χ3v) is 5.92. The Kier molecular flexibility index (Phi) is 6.98. The molecule has 0 unspecified atom stereocenters. The number of carboxylic acids is 1. The zero-order valence-corrected chi connectivity index (χ0v) is 18.7. The highest BCUT2D eigenvalue weighted by Gasteiger charge is 2.24. The third kappa shape index (κ3) is 5.74. The van der Waals surface area contributed by atoms with Gasteiger partial charge in [0.25, 0.3) is 0 Å². The van der Waals surface area contributed by atoms with E-state index in [0.29, 0.717) is 11.7 Å². The van der Waals surface area contributed by atoms with Gasteiger partial charge in [0.1, 0.15) is 11.8 Å². The number of nitrogens with one attached hydrogen (secondary N) is 1. The maximum atomic E-state index is 10.9. The molecule has 2 heterocycles. The average molecular weight is 445 g/mol. The van der Waals surface area contributed by atoms with E-state index in [1.165, 1.54) is 0 Å². The van der Waals surface area contributed by atoms with E-state index in [2.05, 4.69) is 26.5 Å². The van der Waals surface area contributed by atoms with Crippen LogP contribution in [0.2, 0.25) is 0 Å². The number of ether oxygens (including phenoxy) is 1. The number of carbonyl (C=O) groups is 1. The summed E-state index contributed by atoms with van der Waals surface area (Å²) in [5.41, 5.74) is 4.20. The Labute approximate surface area is 193 Å². The van der Waals surface area contributed by atoms with Gasteiger partial charge in [0.2, 0.25) is 5.88 Å². The van der Waals surface area contributed by atoms with Crippen LogP contribution < -0.4 is 4.74 Å². The number of nitrogens with zero attached hydrogens (tertiary/aromatic N) is 3. The van der Waals surface area contributed by atoms with Crippen molar-refractivity contribution in [3.63, 3.8) is 0 Å². The SMILES string of the molecule is C=C(C=N/C(=C\C)c1nc2ccccc2[nH]1)c1ccc(OC2CCC(CC(=O)O)CC2)nc1. The molecule has 33 heavy (non-hydrogen) atoms. The number of aromatic nitrogens is 3. The van der Waals surface area contributed by atoms with E-state index in [0.717, 1.165) is 53.6 Å². The topological polar surface area (TPSA) is 100 Å². The van der Waals surface area contributed by atoms with Gasteiger partial charge in [-0.05, 0) is 62.3 Å². The van der Waals surface area contributed by atoms with Gasteiger partial charge in [-0.3, -0.25) is 9.79 Å². The van der Waals surface area contributed by atoms with Crippen LogP contribution in [0.1, 0.15) is 50.4 Å². The molecule has 1 fully saturated rings. The fourth-order valence-corrected chi connectivity index (χ4v) is 4.08. The lowest BCUT2D eigenvalue weighted by atomic mass is 9.85. The zero-order chi connectivity index (χ0) is 23.2. The Bertz CT molecular complexity index is 1150. The fourth-order valence-electron chi connectivity index (χ4n) is 4.08. The summed E-state index contributed by atoms with van der Waals surface area (Å²) in [6.45, 7) is 6.03. The van der Waals surface area contributed by atoms with E-state index in [1.54, 1.807) is 12.4 Å². The van der Waals surface area contributed by atoms with Crippen molar-refractivity contribution in [2.45, 2.75) is 45.1 Å². The van der Waals surface area contributed by atoms with E-state index < -0.39 is 5.97 Å². The zero-order valence-electron chi connectivity index (χ0n) is 18.7. The van der Waals surface area contributed by atoms with Crippen molar-refractivity contribution in [2.75, 3.05) is 0 Å². The summed E-state index contributed by atoms with van der Waals surface area (Å²) < 4.78 is 6.00. The van der Waals surface area contributed by atoms with Gasteiger partial charge in [-0.25, -0.2) is 9.97 Å². The number of H-pyrrole nitrogens is 1. The Morgan fingerprint density at radius 2 is 2.03 bits per heavy atom. The molecule has 4 rings (SSSR count). The van der Waals surface area contributed by atoms with Crippen LogP contribution in [0.15, 0.2) is 60.2 Å². The molecule has 7 nitrogen and oxygen atoms in total. The van der Waals surface area contributed by atoms with E-state index in [-0.39, 0.29) is 18.4 Å². The Hall–Kier alpha value is -3.74. The molecule has 0 saturated heterocycles. The average Bonchev–Trinajstić information content (AvgIpc) is 3.25. The number of hydrogen-bond acceptors (Lipinski definition) is 5. The number of imidazole rings is 1. The van der Waals surface area contributed by atoms with Gasteiger partial charge in [-0.2, -0.15) is 0 Å². The first kappa shape index (κ1) is 22.5. The summed E-state index contributed by atoms with van der Waals surface area (Å²) in [5, 5.41) is 8.94. The Balaban J connectivity index is 1.34. The number of pyridine rings is 1. The quantitative estimate of drug-likeness (QED) is 0.446. The van der Waals surface area contributed by atoms with Crippen LogP contribution in [0.5, 0.6) is 5.88 Å². The molecule has 0 amide bonds. The molecule has 170 valence electrons. The highest BCUT2D eigenvalue weighted by molar-refractivity contribution is 6.10. The summed E-state index contributed by atoms with van der Waals surface area (Å²) in [6.07, 6.45) is 9.14. The summed E-state index contributed by atoms with van der Waals surface area (Å²) >= 11 is 0. The third-order valence-electron chi connectivity index (χ3n) is 5.92. The molecule has 3 aromatic rings. The van der Waals surface area contributed by atoms with Crippen LogP contribution in [-0.4, -0.2) is 38.3 Å². The minimum absolute atomic E-state index is 0.0826. The first-order chi connectivity index (χ1) is 16.0. The number of aliphatic carboxylic acids is 1. The molecule has 0 aliphatic heterocycles. The van der Waals surface area contributed by atoms with Gasteiger partial charge in [-0.15, -0.1) is 0 Å². The monoisotopic (exact) mass is 444 g/mol. The summed E-state index contributed by atoms with van der Waals surface area (Å²) in [4.78, 5) is 27.7. The lowest BCUT2D eigenvalue weighted by Gasteiger charge is -2.27. The predicted octanol–water partition coefficient (Wildman–Crippen LogP) is 5.52. The van der Waals surface area contributed by atoms with Gasteiger partial charge < -0.3 is 14.8 Å². The van der Waals surface area contributed by atoms with Gasteiger partial charge in [-0.1, -0.05) is 24.8 Å². The van der Waals surface area contributed by atoms with Crippen LogP contribution in [0, 0.1) is 5.92 Å². The molecule has 1 aromatic carbocycles. The first-order valence-electron chi connectivity index (χ1n) is 11.2. The molecule has 0 spiro atoms. The lowest BCUT2D eigenvalue weighted by molar-refractivity contribution is -0.138. The van der Waals surface area contributed by atoms with Crippen molar-refractivity contribution < 1.29 is 14.6 Å². The van der Waals surface area contributed by atoms with E-state index in [1.807, 2.05) is 49.4 Å². The molecule has 0 radical (unpaired) electrons. The number of benzene rings is 1. The standard InChI is InChI=1S/C26H28N4O3/c1-3-21(26-29-22-6-4-5-7-23(22)30-26)27-15-17(2)19-10-13-24(28-16-19)33-20-11-8-18(9-12-20)14-25(31)32/h3-7,10,13,15-16,18,20H,2,8-9,11-12,14H2,1H3,(H,29,30)(H,31,32)/b21-3-,27-15?. The van der Waals surface area contributed by atoms with Crippen molar-refractivity contribution in [3.05, 3.63) is 66.6 Å². The first-order valence-corrected chi connectivity index (χ1v) is 11.2. The van der Waals surface area contributed by atoms with Gasteiger partial charge in [0, 0.05) is 30.5 Å². The second kappa shape index (κ2) is 10.3. The van der Waals surface area contributed by atoms with Crippen molar-refractivity contribution in [2.24, 2.45) is 10.9 Å². The molecule has 0 bridgehead atoms. The molecule has 1 aliphatic carbocycles. The number of para-hydroxylation sites is 2. The van der Waals surface area contributed by atoms with Crippen LogP contribution in [0.3, 0.4) is 0 Å². The van der Waals surface area contributed by atoms with Gasteiger partial charge >= 0.3 is 5.97 Å². The van der Waals surface area contributed by atoms with Crippen LogP contribution >= 0.6 is 0 Å². The minimum Gasteiger partial charge on any atom is -0.481 e. The predicted molar refractivity (Wildman–Crippen MR) is 130 cm³/mol. The van der Waals surface area contributed by atoms with Crippen LogP contribution in [-0.2, 0) is 4.79 Å². The molecule has 1 aliphatic rings. The molecular weight excluding hydrogens is 416 g/mol. The smallest absolute Gasteiger partial charge is 0.303 e. The maximum absolute atomic E-state index is 10.9. The number of rotatable bonds is 8. The summed E-state index contributed by atoms with van der Waals surface area (Å²) in [7, 11) is 0. The second-order valence-electron chi connectivity index (χ2n) is 8.30. The number of hydrogen-bond donors (Lipinski definition) is 2. The highest BCUT2D eigenvalue weighted by atomic mass is 16.5. The Morgan fingerprint density at radius 1 is 1.24 bits per heavy atom. The van der Waals surface area contributed by atoms with Gasteiger partial charge in [0.15, 0.2) is 5.82 Å². The fraction of sp³-hybridized carbons (Fsp3) is 0.308. The maximum Gasteiger partial charge on any atom is 0.303 e. The number of aliphatic imine (C=N–C) groups is 1. The number of carboxylic acid groups (broad SMARTS) is 1. The molecule has 1 saturated carbocycles. The number of aromatic amines is 1. The molecule has 7 heteroatoms. The molecule has 2 aromatic heterocycles. The summed E-state index contributed by atoms with van der Waals surface area (Å²) in [5.74, 6) is 0.811. The number of allylic oxidation sites excluding steroid dienone is 2. The largest absolute Gasteiger partial charge is 0.481 e. The van der Waals surface area contributed by atoms with Crippen molar-refractivity contribution in [3.8, 4) is 5.88 Å². The minimum atomic E-state index is -0.723. The highest BCUT2D eigenvalue weighted by Crippen LogP contribution is 2.29. The molecule has 2 N–H and O–H groups in total.